The van der Waals surface area contributed by atoms with Gasteiger partial charge in [-0.3, -0.25) is 4.79 Å². The van der Waals surface area contributed by atoms with Crippen LogP contribution in [0.3, 0.4) is 0 Å². The highest BCUT2D eigenvalue weighted by Crippen LogP contribution is 2.20. The zero-order valence-electron chi connectivity index (χ0n) is 10.5. The van der Waals surface area contributed by atoms with E-state index >= 15 is 0 Å². The van der Waals surface area contributed by atoms with Gasteiger partial charge in [0.2, 0.25) is 0 Å². The molecule has 0 aromatic carbocycles. The van der Waals surface area contributed by atoms with Crippen LogP contribution >= 0.6 is 11.3 Å². The molecule has 1 N–H and O–H groups in total. The number of rotatable bonds is 5. The maximum absolute atomic E-state index is 11.8. The van der Waals surface area contributed by atoms with E-state index in [1.807, 2.05) is 34.0 Å². The van der Waals surface area contributed by atoms with Crippen molar-refractivity contribution < 1.29 is 4.79 Å². The lowest BCUT2D eigenvalue weighted by Gasteiger charge is -2.09. The minimum absolute atomic E-state index is 0.0561. The molecule has 1 heterocycles. The van der Waals surface area contributed by atoms with Crippen LogP contribution in [0.5, 0.6) is 0 Å². The summed E-state index contributed by atoms with van der Waals surface area (Å²) < 4.78 is 0. The Morgan fingerprint density at radius 2 is 2.12 bits per heavy atom. The Kier molecular flexibility index (Phi) is 4.96. The van der Waals surface area contributed by atoms with E-state index in [1.165, 1.54) is 4.88 Å². The van der Waals surface area contributed by atoms with E-state index < -0.39 is 0 Å². The summed E-state index contributed by atoms with van der Waals surface area (Å²) in [4.78, 5) is 16.2. The minimum Gasteiger partial charge on any atom is -0.352 e. The van der Waals surface area contributed by atoms with Gasteiger partial charge < -0.3 is 10.2 Å². The zero-order valence-corrected chi connectivity index (χ0v) is 11.3. The van der Waals surface area contributed by atoms with E-state index in [0.29, 0.717) is 0 Å². The van der Waals surface area contributed by atoms with Crippen molar-refractivity contribution in [2.24, 2.45) is 0 Å². The van der Waals surface area contributed by atoms with Crippen LogP contribution < -0.4 is 5.32 Å². The van der Waals surface area contributed by atoms with Gasteiger partial charge in [-0.25, -0.2) is 0 Å². The van der Waals surface area contributed by atoms with Crippen molar-refractivity contribution >= 4 is 17.2 Å². The maximum atomic E-state index is 11.8. The van der Waals surface area contributed by atoms with Crippen molar-refractivity contribution in [2.75, 3.05) is 27.2 Å². The van der Waals surface area contributed by atoms with Crippen molar-refractivity contribution in [1.29, 1.82) is 0 Å². The molecular weight excluding hydrogens is 220 g/mol. The molecule has 3 nitrogen and oxygen atoms in total. The number of hydrogen-bond acceptors (Lipinski definition) is 3. The van der Waals surface area contributed by atoms with Crippen LogP contribution in [0, 0.1) is 13.8 Å². The first-order chi connectivity index (χ1) is 7.50. The second-order valence-electron chi connectivity index (χ2n) is 4.24. The standard InChI is InChI=1S/C12H20N2OS/c1-9-8-11(10(2)16-9)12(15)13-6-5-7-14(3)4/h8H,5-7H2,1-4H3,(H,13,15). The Morgan fingerprint density at radius 3 is 2.62 bits per heavy atom. The van der Waals surface area contributed by atoms with Crippen LogP contribution in [0.25, 0.3) is 0 Å². The average molecular weight is 240 g/mol. The molecular formula is C12H20N2OS. The number of hydrogen-bond donors (Lipinski definition) is 1. The summed E-state index contributed by atoms with van der Waals surface area (Å²) in [5.74, 6) is 0.0561. The molecule has 0 aliphatic heterocycles. The SMILES string of the molecule is Cc1cc(C(=O)NCCCN(C)C)c(C)s1. The predicted molar refractivity (Wildman–Crippen MR) is 69.3 cm³/mol. The highest BCUT2D eigenvalue weighted by Gasteiger charge is 2.10. The molecule has 0 unspecified atom stereocenters. The van der Waals surface area contributed by atoms with Gasteiger partial charge in [0.1, 0.15) is 0 Å². The fourth-order valence-corrected chi connectivity index (χ4v) is 2.47. The molecule has 0 atom stereocenters. The maximum Gasteiger partial charge on any atom is 0.252 e. The Morgan fingerprint density at radius 1 is 1.44 bits per heavy atom. The monoisotopic (exact) mass is 240 g/mol. The third-order valence-corrected chi connectivity index (χ3v) is 3.32. The number of nitrogens with one attached hydrogen (secondary N) is 1. The largest absolute Gasteiger partial charge is 0.352 e. The van der Waals surface area contributed by atoms with Gasteiger partial charge in [-0.2, -0.15) is 0 Å². The Labute approximate surface area is 101 Å². The van der Waals surface area contributed by atoms with Crippen molar-refractivity contribution in [1.82, 2.24) is 10.2 Å². The first kappa shape index (κ1) is 13.2. The number of amides is 1. The van der Waals surface area contributed by atoms with E-state index in [1.54, 1.807) is 11.3 Å². The van der Waals surface area contributed by atoms with Gasteiger partial charge in [0.25, 0.3) is 5.91 Å². The van der Waals surface area contributed by atoms with Gasteiger partial charge in [0.05, 0.1) is 5.56 Å². The summed E-state index contributed by atoms with van der Waals surface area (Å²) in [5.41, 5.74) is 0.826. The van der Waals surface area contributed by atoms with E-state index in [-0.39, 0.29) is 5.91 Å². The van der Waals surface area contributed by atoms with E-state index in [0.717, 1.165) is 30.0 Å². The topological polar surface area (TPSA) is 32.3 Å². The molecule has 0 aliphatic carbocycles. The van der Waals surface area contributed by atoms with Gasteiger partial charge in [-0.15, -0.1) is 11.3 Å². The fourth-order valence-electron chi connectivity index (χ4n) is 1.55. The van der Waals surface area contributed by atoms with Crippen LogP contribution in [0.2, 0.25) is 0 Å². The summed E-state index contributed by atoms with van der Waals surface area (Å²) in [6.07, 6.45) is 0.987. The molecule has 1 rings (SSSR count). The number of aryl methyl sites for hydroxylation is 2. The second kappa shape index (κ2) is 6.01. The molecule has 0 bridgehead atoms. The van der Waals surface area contributed by atoms with Crippen LogP contribution in [0.15, 0.2) is 6.07 Å². The van der Waals surface area contributed by atoms with Crippen LogP contribution in [-0.4, -0.2) is 38.0 Å². The number of carbonyl (C=O) groups is 1. The molecule has 0 saturated carbocycles. The van der Waals surface area contributed by atoms with E-state index in [2.05, 4.69) is 10.2 Å². The van der Waals surface area contributed by atoms with Gasteiger partial charge in [-0.05, 0) is 47.0 Å². The minimum atomic E-state index is 0.0561. The van der Waals surface area contributed by atoms with E-state index in [4.69, 9.17) is 0 Å². The van der Waals surface area contributed by atoms with Crippen LogP contribution in [-0.2, 0) is 0 Å². The lowest BCUT2D eigenvalue weighted by atomic mass is 10.2. The molecule has 1 aromatic rings. The summed E-state index contributed by atoms with van der Waals surface area (Å²) in [6.45, 7) is 5.76. The molecule has 4 heteroatoms. The van der Waals surface area contributed by atoms with Gasteiger partial charge in [0, 0.05) is 16.3 Å². The summed E-state index contributed by atoms with van der Waals surface area (Å²) in [5, 5.41) is 2.95. The molecule has 16 heavy (non-hydrogen) atoms. The Balaban J connectivity index is 2.38. The van der Waals surface area contributed by atoms with Crippen molar-refractivity contribution in [3.8, 4) is 0 Å². The number of thiophene rings is 1. The molecule has 1 amide bonds. The molecule has 0 aliphatic rings. The summed E-state index contributed by atoms with van der Waals surface area (Å²) in [6, 6.07) is 1.96. The van der Waals surface area contributed by atoms with Crippen LogP contribution in [0.1, 0.15) is 26.5 Å². The molecule has 0 radical (unpaired) electrons. The first-order valence-electron chi connectivity index (χ1n) is 5.50. The third-order valence-electron chi connectivity index (χ3n) is 2.35. The second-order valence-corrected chi connectivity index (χ2v) is 5.70. The number of carbonyl (C=O) groups excluding carboxylic acids is 1. The first-order valence-corrected chi connectivity index (χ1v) is 6.32. The van der Waals surface area contributed by atoms with Crippen molar-refractivity contribution in [3.63, 3.8) is 0 Å². The van der Waals surface area contributed by atoms with Crippen molar-refractivity contribution in [2.45, 2.75) is 20.3 Å². The lowest BCUT2D eigenvalue weighted by molar-refractivity contribution is 0.0952. The van der Waals surface area contributed by atoms with Gasteiger partial charge in [-0.1, -0.05) is 0 Å². The predicted octanol–water partition coefficient (Wildman–Crippen LogP) is 2.05. The fraction of sp³-hybridized carbons (Fsp3) is 0.583. The van der Waals surface area contributed by atoms with Crippen molar-refractivity contribution in [3.05, 3.63) is 21.4 Å². The highest BCUT2D eigenvalue weighted by atomic mass is 32.1. The normalized spacial score (nSPS) is 10.8. The average Bonchev–Trinajstić information content (AvgIpc) is 2.52. The summed E-state index contributed by atoms with van der Waals surface area (Å²) in [7, 11) is 4.07. The molecule has 0 fully saturated rings. The lowest BCUT2D eigenvalue weighted by Crippen LogP contribution is -2.27. The quantitative estimate of drug-likeness (QED) is 0.799. The molecule has 90 valence electrons. The smallest absolute Gasteiger partial charge is 0.252 e. The molecule has 0 spiro atoms. The van der Waals surface area contributed by atoms with Crippen LogP contribution in [0.4, 0.5) is 0 Å². The molecule has 0 saturated heterocycles. The van der Waals surface area contributed by atoms with Gasteiger partial charge >= 0.3 is 0 Å². The Bertz CT molecular complexity index is 358. The van der Waals surface area contributed by atoms with E-state index in [9.17, 15) is 4.79 Å². The third kappa shape index (κ3) is 3.94. The summed E-state index contributed by atoms with van der Waals surface area (Å²) >= 11 is 1.67. The molecule has 1 aromatic heterocycles. The highest BCUT2D eigenvalue weighted by molar-refractivity contribution is 7.12. The van der Waals surface area contributed by atoms with Gasteiger partial charge in [0.15, 0.2) is 0 Å². The Hall–Kier alpha value is -0.870. The zero-order chi connectivity index (χ0) is 12.1. The number of nitrogens with zero attached hydrogens (tertiary/aromatic N) is 1.